The third-order valence-electron chi connectivity index (χ3n) is 4.01. The van der Waals surface area contributed by atoms with E-state index in [0.29, 0.717) is 11.1 Å². The Balaban J connectivity index is 2.42. The van der Waals surface area contributed by atoms with Crippen molar-refractivity contribution in [1.29, 1.82) is 0 Å². The summed E-state index contributed by atoms with van der Waals surface area (Å²) >= 11 is 10.8. The smallest absolute Gasteiger partial charge is 0.269 e. The van der Waals surface area contributed by atoms with Crippen LogP contribution in [0.15, 0.2) is 35.9 Å². The second-order valence-corrected chi connectivity index (χ2v) is 7.99. The number of halogens is 1. The van der Waals surface area contributed by atoms with Crippen LogP contribution in [0.25, 0.3) is 0 Å². The highest BCUT2D eigenvalue weighted by Gasteiger charge is 2.38. The molecule has 170 valence electrons. The summed E-state index contributed by atoms with van der Waals surface area (Å²) in [6, 6.07) is 5.71. The molecule has 0 radical (unpaired) electrons. The molecule has 0 spiro atoms. The van der Waals surface area contributed by atoms with Crippen LogP contribution in [-0.2, 0) is 24.2 Å². The molecule has 0 aliphatic carbocycles. The van der Waals surface area contributed by atoms with Crippen LogP contribution in [0.3, 0.4) is 0 Å². The van der Waals surface area contributed by atoms with Crippen LogP contribution >= 0.6 is 23.8 Å². The van der Waals surface area contributed by atoms with Gasteiger partial charge in [0.25, 0.3) is 11.8 Å². The first-order chi connectivity index (χ1) is 14.4. The van der Waals surface area contributed by atoms with Gasteiger partial charge in [0.2, 0.25) is 10.4 Å². The van der Waals surface area contributed by atoms with E-state index in [1.165, 1.54) is 24.3 Å². The number of carbonyl (C=O) groups excluding carboxylic acids is 2. The lowest BCUT2D eigenvalue weighted by atomic mass is 10.00. The fourth-order valence-electron chi connectivity index (χ4n) is 2.55. The fraction of sp³-hybridized carbons (Fsp3) is 0.312. The molecule has 1 aliphatic heterocycles. The van der Waals surface area contributed by atoms with Crippen LogP contribution in [0.4, 0.5) is 5.69 Å². The lowest BCUT2D eigenvalue weighted by Crippen LogP contribution is -2.55. The highest BCUT2D eigenvalue weighted by atomic mass is 35.5. The Labute approximate surface area is 186 Å². The molecule has 12 nitrogen and oxygen atoms in total. The largest absolute Gasteiger partial charge is 0.726 e. The average Bonchev–Trinajstić information content (AvgIpc) is 2.68. The molecule has 0 aromatic heterocycles. The first-order valence-electron chi connectivity index (χ1n) is 8.32. The fourth-order valence-corrected chi connectivity index (χ4v) is 3.45. The molecule has 0 unspecified atom stereocenters. The van der Waals surface area contributed by atoms with Gasteiger partial charge >= 0.3 is 0 Å². The number of thiocarbonyl (C=S) groups is 1. The first-order valence-corrected chi connectivity index (χ1v) is 10.4. The molecule has 1 aromatic rings. The second kappa shape index (κ2) is 10.1. The summed E-state index contributed by atoms with van der Waals surface area (Å²) in [5.41, 5.74) is -0.538. The Morgan fingerprint density at radius 2 is 1.81 bits per heavy atom. The van der Waals surface area contributed by atoms with Crippen LogP contribution in [-0.4, -0.2) is 81.3 Å². The molecule has 1 heterocycles. The van der Waals surface area contributed by atoms with Crippen molar-refractivity contribution >= 4 is 56.8 Å². The van der Waals surface area contributed by atoms with Gasteiger partial charge < -0.3 is 25.0 Å². The number of aliphatic hydroxyl groups is 4. The third kappa shape index (κ3) is 6.25. The molecule has 2 amide bonds. The second-order valence-electron chi connectivity index (χ2n) is 6.16. The van der Waals surface area contributed by atoms with Gasteiger partial charge in [0, 0.05) is 5.02 Å². The van der Waals surface area contributed by atoms with E-state index in [4.69, 9.17) is 28.9 Å². The van der Waals surface area contributed by atoms with Crippen molar-refractivity contribution in [3.8, 4) is 0 Å². The van der Waals surface area contributed by atoms with E-state index in [0.717, 1.165) is 4.90 Å². The van der Waals surface area contributed by atoms with Crippen molar-refractivity contribution in [1.82, 2.24) is 5.32 Å². The highest BCUT2D eigenvalue weighted by Crippen LogP contribution is 2.24. The maximum absolute atomic E-state index is 12.8. The molecule has 5 N–H and O–H groups in total. The SMILES string of the molecule is O=C1NC(=S)N(c2ccc(Cl)cc2)C(=O)/C1=C/[C@H](O)[C@@H](OS(=O)(=O)[O-])[C@H](O)[C@H](O)CO. The molecule has 1 fully saturated rings. The zero-order chi connectivity index (χ0) is 23.5. The molecule has 4 atom stereocenters. The van der Waals surface area contributed by atoms with E-state index in [1.807, 2.05) is 0 Å². The molecule has 2 rings (SSSR count). The summed E-state index contributed by atoms with van der Waals surface area (Å²) in [6.07, 6.45) is -8.39. The van der Waals surface area contributed by atoms with Crippen LogP contribution in [0, 0.1) is 0 Å². The summed E-state index contributed by atoms with van der Waals surface area (Å²) in [7, 11) is -5.51. The maximum atomic E-state index is 12.8. The van der Waals surface area contributed by atoms with Crippen molar-refractivity contribution in [2.75, 3.05) is 11.5 Å². The Bertz CT molecular complexity index is 998. The zero-order valence-electron chi connectivity index (χ0n) is 15.3. The lowest BCUT2D eigenvalue weighted by molar-refractivity contribution is -0.122. The molecule has 1 saturated heterocycles. The molecular weight excluding hydrogens is 480 g/mol. The molecule has 1 aromatic carbocycles. The Kier molecular flexibility index (Phi) is 8.21. The number of benzene rings is 1. The number of carbonyl (C=O) groups is 2. The topological polar surface area (TPSA) is 197 Å². The third-order valence-corrected chi connectivity index (χ3v) is 5.00. The lowest BCUT2D eigenvalue weighted by Gasteiger charge is -2.31. The number of rotatable bonds is 8. The number of nitrogens with one attached hydrogen (secondary N) is 1. The Morgan fingerprint density at radius 1 is 1.23 bits per heavy atom. The van der Waals surface area contributed by atoms with Crippen molar-refractivity contribution in [2.24, 2.45) is 0 Å². The molecular formula is C16H16ClN2O10S2-. The number of aliphatic hydroxyl groups excluding tert-OH is 4. The van der Waals surface area contributed by atoms with Gasteiger partial charge in [-0.05, 0) is 42.6 Å². The minimum atomic E-state index is -5.51. The first kappa shape index (κ1) is 25.3. The molecule has 0 saturated carbocycles. The van der Waals surface area contributed by atoms with Gasteiger partial charge in [-0.1, -0.05) is 11.6 Å². The van der Waals surface area contributed by atoms with Crippen molar-refractivity contribution < 1.29 is 47.2 Å². The van der Waals surface area contributed by atoms with Gasteiger partial charge in [0.1, 0.15) is 30.0 Å². The molecule has 0 bridgehead atoms. The summed E-state index contributed by atoms with van der Waals surface area (Å²) in [4.78, 5) is 25.9. The van der Waals surface area contributed by atoms with Crippen molar-refractivity contribution in [3.63, 3.8) is 0 Å². The van der Waals surface area contributed by atoms with E-state index in [9.17, 15) is 37.9 Å². The van der Waals surface area contributed by atoms with Gasteiger partial charge in [0.15, 0.2) is 5.11 Å². The van der Waals surface area contributed by atoms with Crippen LogP contribution in [0.1, 0.15) is 0 Å². The van der Waals surface area contributed by atoms with E-state index in [-0.39, 0.29) is 10.8 Å². The van der Waals surface area contributed by atoms with E-state index in [1.54, 1.807) is 0 Å². The minimum Gasteiger partial charge on any atom is -0.726 e. The Morgan fingerprint density at radius 3 is 2.32 bits per heavy atom. The monoisotopic (exact) mass is 495 g/mol. The van der Waals surface area contributed by atoms with Gasteiger partial charge in [-0.15, -0.1) is 0 Å². The van der Waals surface area contributed by atoms with Crippen LogP contribution < -0.4 is 10.2 Å². The van der Waals surface area contributed by atoms with Crippen LogP contribution in [0.5, 0.6) is 0 Å². The molecule has 31 heavy (non-hydrogen) atoms. The standard InChI is InChI=1S/C16H17ClN2O10S2/c17-7-1-3-8(4-2-7)19-15(25)9(14(24)18-16(19)30)5-10(21)13(29-31(26,27)28)12(23)11(22)6-20/h1-5,10-13,20-23H,6H2,(H,18,24,30)(H,26,27,28)/p-1/b9-5+/t10-,11+,12+,13+/m0/s1. The van der Waals surface area contributed by atoms with E-state index >= 15 is 0 Å². The summed E-state index contributed by atoms with van der Waals surface area (Å²) in [5, 5.41) is 40.9. The van der Waals surface area contributed by atoms with Crippen molar-refractivity contribution in [2.45, 2.75) is 24.4 Å². The molecule has 15 heteroatoms. The summed E-state index contributed by atoms with van der Waals surface area (Å²) in [5.74, 6) is -2.10. The van der Waals surface area contributed by atoms with Gasteiger partial charge in [-0.3, -0.25) is 24.0 Å². The normalized spacial score (nSPS) is 20.4. The van der Waals surface area contributed by atoms with Gasteiger partial charge in [0.05, 0.1) is 12.3 Å². The van der Waals surface area contributed by atoms with Gasteiger partial charge in [-0.25, -0.2) is 8.42 Å². The number of anilines is 1. The number of hydrogen-bond donors (Lipinski definition) is 5. The highest BCUT2D eigenvalue weighted by molar-refractivity contribution is 7.81. The quantitative estimate of drug-likeness (QED) is 0.0873. The predicted octanol–water partition coefficient (Wildman–Crippen LogP) is -2.07. The predicted molar refractivity (Wildman–Crippen MR) is 107 cm³/mol. The minimum absolute atomic E-state index is 0.200. The van der Waals surface area contributed by atoms with Gasteiger partial charge in [-0.2, -0.15) is 0 Å². The van der Waals surface area contributed by atoms with E-state index in [2.05, 4.69) is 9.50 Å². The van der Waals surface area contributed by atoms with Crippen LogP contribution in [0.2, 0.25) is 5.02 Å². The average molecular weight is 496 g/mol. The summed E-state index contributed by atoms with van der Waals surface area (Å²) < 4.78 is 36.9. The maximum Gasteiger partial charge on any atom is 0.269 e. The zero-order valence-corrected chi connectivity index (χ0v) is 17.7. The Hall–Kier alpha value is -2.01. The molecule has 1 aliphatic rings. The van der Waals surface area contributed by atoms with E-state index < -0.39 is 58.8 Å². The number of amides is 2. The number of hydrogen-bond acceptors (Lipinski definition) is 11. The number of nitrogens with zero attached hydrogens (tertiary/aromatic N) is 1. The summed E-state index contributed by atoms with van der Waals surface area (Å²) in [6.45, 7) is -1.08. The van der Waals surface area contributed by atoms with Crippen molar-refractivity contribution in [3.05, 3.63) is 40.9 Å².